The van der Waals surface area contributed by atoms with E-state index in [-0.39, 0.29) is 18.0 Å². The lowest BCUT2D eigenvalue weighted by molar-refractivity contribution is -0.281. The number of Topliss-reactive ketones (excluding diaryl/α,β-unsaturated/α-hetero) is 2. The van der Waals surface area contributed by atoms with E-state index in [1.165, 1.54) is 0 Å². The largest absolute Gasteiger partial charge is 0.394 e. The van der Waals surface area contributed by atoms with Gasteiger partial charge in [0.1, 0.15) is 24.1 Å². The first-order chi connectivity index (χ1) is 18.9. The number of aryl methyl sites for hydroxylation is 1. The molecule has 1 aliphatic heterocycles. The van der Waals surface area contributed by atoms with Crippen molar-refractivity contribution in [3.05, 3.63) is 82.9 Å². The van der Waals surface area contributed by atoms with Crippen molar-refractivity contribution < 1.29 is 34.4 Å². The Morgan fingerprint density at radius 2 is 1.69 bits per heavy atom. The first-order valence-corrected chi connectivity index (χ1v) is 13.6. The standard InChI is InChI=1S/C31H31NO7/c32-26-29(37)28(36)22(14-33)38-30(26)39-24-13-20-25(31(24)21-8-4-3-5-15(21)9-10-23(31)34)18-11-16-6-1-2-7-17(16)12-19(18)27(20)35/h1-8,11-12,20,22,24-26,28-30,33,36-37H,9-10,13-14,32H2/t20-,22-,24-,25-,26-,28-,29-,30+,31+/m1/s1. The number of hydrogen-bond donors (Lipinski definition) is 4. The Bertz CT molecular complexity index is 1490. The molecule has 3 aromatic rings. The van der Waals surface area contributed by atoms with Gasteiger partial charge in [-0.15, -0.1) is 0 Å². The zero-order valence-electron chi connectivity index (χ0n) is 21.3. The van der Waals surface area contributed by atoms with Crippen molar-refractivity contribution in [3.8, 4) is 0 Å². The van der Waals surface area contributed by atoms with E-state index in [2.05, 4.69) is 0 Å². The Labute approximate surface area is 225 Å². The molecule has 0 amide bonds. The molecule has 2 fully saturated rings. The quantitative estimate of drug-likeness (QED) is 0.403. The lowest BCUT2D eigenvalue weighted by Gasteiger charge is -2.46. The van der Waals surface area contributed by atoms with Crippen molar-refractivity contribution in [3.63, 3.8) is 0 Å². The molecule has 39 heavy (non-hydrogen) atoms. The van der Waals surface area contributed by atoms with Gasteiger partial charge in [0.05, 0.1) is 24.2 Å². The molecule has 8 heteroatoms. The molecule has 3 aromatic carbocycles. The molecule has 1 heterocycles. The van der Waals surface area contributed by atoms with Crippen LogP contribution < -0.4 is 5.73 Å². The van der Waals surface area contributed by atoms with Crippen molar-refractivity contribution in [2.45, 2.75) is 67.3 Å². The maximum absolute atomic E-state index is 14.3. The fraction of sp³-hybridized carbons (Fsp3) is 0.419. The second kappa shape index (κ2) is 9.02. The van der Waals surface area contributed by atoms with Gasteiger partial charge in [-0.05, 0) is 46.4 Å². The fourth-order valence-electron chi connectivity index (χ4n) is 7.71. The maximum Gasteiger partial charge on any atom is 0.176 e. The maximum atomic E-state index is 14.3. The Morgan fingerprint density at radius 1 is 0.974 bits per heavy atom. The summed E-state index contributed by atoms with van der Waals surface area (Å²) in [6.07, 6.45) is -4.60. The molecular formula is C31H31NO7. The van der Waals surface area contributed by atoms with Crippen molar-refractivity contribution in [1.82, 2.24) is 0 Å². The molecule has 0 unspecified atom stereocenters. The molecule has 202 valence electrons. The number of ketones is 2. The molecule has 1 saturated heterocycles. The molecule has 5 N–H and O–H groups in total. The van der Waals surface area contributed by atoms with E-state index < -0.39 is 60.6 Å². The van der Waals surface area contributed by atoms with Gasteiger partial charge in [0, 0.05) is 23.8 Å². The van der Waals surface area contributed by atoms with E-state index in [4.69, 9.17) is 15.2 Å². The predicted octanol–water partition coefficient (Wildman–Crippen LogP) is 1.74. The smallest absolute Gasteiger partial charge is 0.176 e. The number of fused-ring (bicyclic) bond motifs is 7. The lowest BCUT2D eigenvalue weighted by Crippen LogP contribution is -2.64. The van der Waals surface area contributed by atoms with E-state index in [0.29, 0.717) is 18.4 Å². The first-order valence-electron chi connectivity index (χ1n) is 13.6. The number of hydrogen-bond acceptors (Lipinski definition) is 8. The molecule has 1 spiro atoms. The molecule has 8 nitrogen and oxygen atoms in total. The van der Waals surface area contributed by atoms with Gasteiger partial charge in [-0.25, -0.2) is 0 Å². The summed E-state index contributed by atoms with van der Waals surface area (Å²) in [7, 11) is 0. The summed E-state index contributed by atoms with van der Waals surface area (Å²) in [5.41, 5.74) is 8.51. The van der Waals surface area contributed by atoms with Crippen LogP contribution in [-0.4, -0.2) is 70.2 Å². The average Bonchev–Trinajstić information content (AvgIpc) is 3.42. The Balaban J connectivity index is 1.40. The number of nitrogens with two attached hydrogens (primary N) is 1. The summed E-state index contributed by atoms with van der Waals surface area (Å²) >= 11 is 0. The third-order valence-corrected chi connectivity index (χ3v) is 9.50. The fourth-order valence-corrected chi connectivity index (χ4v) is 7.71. The summed E-state index contributed by atoms with van der Waals surface area (Å²) in [6, 6.07) is 18.6. The average molecular weight is 530 g/mol. The van der Waals surface area contributed by atoms with E-state index in [9.17, 15) is 24.9 Å². The van der Waals surface area contributed by atoms with E-state index in [0.717, 1.165) is 27.5 Å². The Hall–Kier alpha value is -2.98. The zero-order chi connectivity index (χ0) is 27.1. The van der Waals surface area contributed by atoms with Crippen LogP contribution in [0.4, 0.5) is 0 Å². The van der Waals surface area contributed by atoms with E-state index >= 15 is 0 Å². The van der Waals surface area contributed by atoms with E-state index in [1.807, 2.05) is 60.7 Å². The molecule has 0 bridgehead atoms. The number of rotatable bonds is 3. The molecule has 3 aliphatic carbocycles. The minimum Gasteiger partial charge on any atom is -0.394 e. The summed E-state index contributed by atoms with van der Waals surface area (Å²) in [4.78, 5) is 28.2. The molecule has 9 atom stereocenters. The SMILES string of the molecule is N[C@H]1[C@H](O[C@@H]2C[C@H]3C(=O)c4cc5ccccc5cc4[C@H]3[C@@]23C(=O)CCc2ccccc23)O[C@H](CO)[C@@H](O)[C@@H]1O. The number of carbonyl (C=O) groups is 2. The Kier molecular flexibility index (Phi) is 5.79. The number of carbonyl (C=O) groups excluding carboxylic acids is 2. The lowest BCUT2D eigenvalue weighted by atomic mass is 9.60. The van der Waals surface area contributed by atoms with Gasteiger partial charge in [0.15, 0.2) is 12.1 Å². The molecule has 4 aliphatic rings. The van der Waals surface area contributed by atoms with Crippen molar-refractivity contribution in [2.75, 3.05) is 6.61 Å². The number of aliphatic hydroxyl groups is 3. The van der Waals surface area contributed by atoms with Gasteiger partial charge in [0.2, 0.25) is 0 Å². The Morgan fingerprint density at radius 3 is 2.46 bits per heavy atom. The van der Waals surface area contributed by atoms with Crippen LogP contribution in [0.5, 0.6) is 0 Å². The van der Waals surface area contributed by atoms with Crippen molar-refractivity contribution >= 4 is 22.3 Å². The highest BCUT2D eigenvalue weighted by Gasteiger charge is 2.67. The van der Waals surface area contributed by atoms with Gasteiger partial charge in [-0.2, -0.15) is 0 Å². The van der Waals surface area contributed by atoms with Crippen LogP contribution in [0.1, 0.15) is 45.8 Å². The minimum atomic E-state index is -1.39. The zero-order valence-corrected chi connectivity index (χ0v) is 21.3. The van der Waals surface area contributed by atoms with Crippen LogP contribution >= 0.6 is 0 Å². The summed E-state index contributed by atoms with van der Waals surface area (Å²) < 4.78 is 12.3. The topological polar surface area (TPSA) is 139 Å². The highest BCUT2D eigenvalue weighted by Crippen LogP contribution is 2.63. The third kappa shape index (κ3) is 3.40. The van der Waals surface area contributed by atoms with Crippen LogP contribution in [0.3, 0.4) is 0 Å². The van der Waals surface area contributed by atoms with Crippen LogP contribution in [0.25, 0.3) is 10.8 Å². The van der Waals surface area contributed by atoms with Gasteiger partial charge in [-0.1, -0.05) is 54.6 Å². The van der Waals surface area contributed by atoms with Crippen LogP contribution in [0.2, 0.25) is 0 Å². The molecular weight excluding hydrogens is 498 g/mol. The normalized spacial score (nSPS) is 37.2. The summed E-state index contributed by atoms with van der Waals surface area (Å²) in [5.74, 6) is -0.885. The molecule has 7 rings (SSSR count). The third-order valence-electron chi connectivity index (χ3n) is 9.50. The van der Waals surface area contributed by atoms with Crippen LogP contribution in [0, 0.1) is 5.92 Å². The highest BCUT2D eigenvalue weighted by molar-refractivity contribution is 6.09. The van der Waals surface area contributed by atoms with Crippen LogP contribution in [-0.2, 0) is 26.1 Å². The monoisotopic (exact) mass is 529 g/mol. The van der Waals surface area contributed by atoms with Crippen molar-refractivity contribution in [2.24, 2.45) is 11.7 Å². The van der Waals surface area contributed by atoms with Gasteiger partial charge >= 0.3 is 0 Å². The second-order valence-corrected chi connectivity index (χ2v) is 11.3. The predicted molar refractivity (Wildman–Crippen MR) is 141 cm³/mol. The summed E-state index contributed by atoms with van der Waals surface area (Å²) in [5, 5.41) is 32.6. The number of ether oxygens (including phenoxy) is 2. The number of aliphatic hydroxyl groups excluding tert-OH is 3. The molecule has 0 radical (unpaired) electrons. The molecule has 1 saturated carbocycles. The minimum absolute atomic E-state index is 0.000338. The first kappa shape index (κ1) is 25.0. The summed E-state index contributed by atoms with van der Waals surface area (Å²) in [6.45, 7) is -0.535. The molecule has 0 aromatic heterocycles. The highest BCUT2D eigenvalue weighted by atomic mass is 16.7. The second-order valence-electron chi connectivity index (χ2n) is 11.3. The van der Waals surface area contributed by atoms with Gasteiger partial charge in [0.25, 0.3) is 0 Å². The van der Waals surface area contributed by atoms with E-state index in [1.54, 1.807) is 0 Å². The van der Waals surface area contributed by atoms with Crippen molar-refractivity contribution in [1.29, 1.82) is 0 Å². The van der Waals surface area contributed by atoms with Gasteiger partial charge in [-0.3, -0.25) is 9.59 Å². The van der Waals surface area contributed by atoms with Crippen LogP contribution in [0.15, 0.2) is 60.7 Å². The number of benzene rings is 3. The van der Waals surface area contributed by atoms with Gasteiger partial charge < -0.3 is 30.5 Å².